The third-order valence-electron chi connectivity index (χ3n) is 2.08. The Hall–Kier alpha value is -0.960. The van der Waals surface area contributed by atoms with Gasteiger partial charge in [0.15, 0.2) is 5.78 Å². The predicted molar refractivity (Wildman–Crippen MR) is 69.5 cm³/mol. The molecule has 0 radical (unpaired) electrons. The van der Waals surface area contributed by atoms with Gasteiger partial charge in [-0.25, -0.2) is 0 Å². The fourth-order valence-corrected chi connectivity index (χ4v) is 2.21. The van der Waals surface area contributed by atoms with Gasteiger partial charge >= 0.3 is 0 Å². The SMILES string of the molecule is COc1cccc(C(=O)CSCC(C)C)c1. The van der Waals surface area contributed by atoms with E-state index in [1.807, 2.05) is 18.2 Å². The zero-order valence-electron chi connectivity index (χ0n) is 10.0. The summed E-state index contributed by atoms with van der Waals surface area (Å²) in [5.41, 5.74) is 0.732. The highest BCUT2D eigenvalue weighted by Crippen LogP contribution is 2.15. The van der Waals surface area contributed by atoms with E-state index in [0.29, 0.717) is 11.7 Å². The first-order valence-corrected chi connectivity index (χ1v) is 6.54. The number of rotatable bonds is 6. The molecule has 0 unspecified atom stereocenters. The van der Waals surface area contributed by atoms with E-state index in [9.17, 15) is 4.79 Å². The molecule has 88 valence electrons. The van der Waals surface area contributed by atoms with Gasteiger partial charge in [0.2, 0.25) is 0 Å². The van der Waals surface area contributed by atoms with Crippen LogP contribution < -0.4 is 4.74 Å². The van der Waals surface area contributed by atoms with E-state index in [2.05, 4.69) is 13.8 Å². The predicted octanol–water partition coefficient (Wildman–Crippen LogP) is 3.27. The number of ketones is 1. The smallest absolute Gasteiger partial charge is 0.172 e. The first-order chi connectivity index (χ1) is 7.63. The van der Waals surface area contributed by atoms with Crippen molar-refractivity contribution in [3.05, 3.63) is 29.8 Å². The number of thioether (sulfide) groups is 1. The number of carbonyl (C=O) groups excluding carboxylic acids is 1. The van der Waals surface area contributed by atoms with E-state index in [0.717, 1.165) is 17.1 Å². The van der Waals surface area contributed by atoms with Gasteiger partial charge in [0.25, 0.3) is 0 Å². The molecular weight excluding hydrogens is 220 g/mol. The molecule has 2 nitrogen and oxygen atoms in total. The quantitative estimate of drug-likeness (QED) is 0.711. The zero-order chi connectivity index (χ0) is 12.0. The number of benzene rings is 1. The summed E-state index contributed by atoms with van der Waals surface area (Å²) in [4.78, 5) is 11.8. The Balaban J connectivity index is 2.52. The van der Waals surface area contributed by atoms with E-state index >= 15 is 0 Å². The minimum absolute atomic E-state index is 0.171. The monoisotopic (exact) mass is 238 g/mol. The molecule has 0 amide bonds. The van der Waals surface area contributed by atoms with Gasteiger partial charge < -0.3 is 4.74 Å². The largest absolute Gasteiger partial charge is 0.497 e. The van der Waals surface area contributed by atoms with E-state index < -0.39 is 0 Å². The second-order valence-corrected chi connectivity index (χ2v) is 5.09. The Bertz CT molecular complexity index is 348. The Labute approximate surface area is 101 Å². The van der Waals surface area contributed by atoms with Crippen LogP contribution in [0.15, 0.2) is 24.3 Å². The van der Waals surface area contributed by atoms with Crippen LogP contribution in [0.3, 0.4) is 0 Å². The van der Waals surface area contributed by atoms with Crippen LogP contribution in [0.25, 0.3) is 0 Å². The van der Waals surface area contributed by atoms with E-state index in [1.165, 1.54) is 0 Å². The molecule has 0 saturated carbocycles. The van der Waals surface area contributed by atoms with E-state index in [4.69, 9.17) is 4.74 Å². The van der Waals surface area contributed by atoms with Gasteiger partial charge in [-0.3, -0.25) is 4.79 Å². The zero-order valence-corrected chi connectivity index (χ0v) is 10.8. The van der Waals surface area contributed by atoms with Gasteiger partial charge in [-0.15, -0.1) is 0 Å². The third-order valence-corrected chi connectivity index (χ3v) is 3.44. The Morgan fingerprint density at radius 1 is 1.44 bits per heavy atom. The van der Waals surface area contributed by atoms with Crippen molar-refractivity contribution in [2.75, 3.05) is 18.6 Å². The molecule has 0 fully saturated rings. The van der Waals surface area contributed by atoms with Gasteiger partial charge in [-0.1, -0.05) is 26.0 Å². The van der Waals surface area contributed by atoms with Crippen molar-refractivity contribution in [1.29, 1.82) is 0 Å². The number of methoxy groups -OCH3 is 1. The number of ether oxygens (including phenoxy) is 1. The molecule has 1 aromatic carbocycles. The van der Waals surface area contributed by atoms with Gasteiger partial charge in [0.05, 0.1) is 12.9 Å². The molecule has 0 aliphatic rings. The lowest BCUT2D eigenvalue weighted by Gasteiger charge is -2.05. The van der Waals surface area contributed by atoms with Crippen LogP contribution in [0.2, 0.25) is 0 Å². The first-order valence-electron chi connectivity index (χ1n) is 5.38. The van der Waals surface area contributed by atoms with Crippen LogP contribution in [-0.4, -0.2) is 24.4 Å². The van der Waals surface area contributed by atoms with E-state index in [-0.39, 0.29) is 5.78 Å². The molecule has 16 heavy (non-hydrogen) atoms. The Morgan fingerprint density at radius 3 is 2.81 bits per heavy atom. The highest BCUT2D eigenvalue weighted by molar-refractivity contribution is 7.99. The standard InChI is InChI=1S/C13H18O2S/c1-10(2)8-16-9-13(14)11-5-4-6-12(7-11)15-3/h4-7,10H,8-9H2,1-3H3. The molecular formula is C13H18O2S. The van der Waals surface area contributed by atoms with Gasteiger partial charge in [0, 0.05) is 5.56 Å². The van der Waals surface area contributed by atoms with Gasteiger partial charge in [0.1, 0.15) is 5.75 Å². The highest BCUT2D eigenvalue weighted by Gasteiger charge is 2.07. The second-order valence-electron chi connectivity index (χ2n) is 4.06. The summed E-state index contributed by atoms with van der Waals surface area (Å²) < 4.78 is 5.09. The molecule has 0 N–H and O–H groups in total. The lowest BCUT2D eigenvalue weighted by atomic mass is 10.1. The molecule has 0 spiro atoms. The Morgan fingerprint density at radius 2 is 2.19 bits per heavy atom. The van der Waals surface area contributed by atoms with Crippen molar-refractivity contribution < 1.29 is 9.53 Å². The first kappa shape index (κ1) is 13.1. The molecule has 0 aliphatic heterocycles. The molecule has 0 aliphatic carbocycles. The number of hydrogen-bond acceptors (Lipinski definition) is 3. The van der Waals surface area contributed by atoms with Crippen molar-refractivity contribution >= 4 is 17.5 Å². The van der Waals surface area contributed by atoms with Crippen LogP contribution in [-0.2, 0) is 0 Å². The minimum atomic E-state index is 0.171. The fraction of sp³-hybridized carbons (Fsp3) is 0.462. The number of carbonyl (C=O) groups is 1. The van der Waals surface area contributed by atoms with Crippen molar-refractivity contribution in [1.82, 2.24) is 0 Å². The molecule has 0 aromatic heterocycles. The maximum Gasteiger partial charge on any atom is 0.172 e. The average Bonchev–Trinajstić information content (AvgIpc) is 2.28. The van der Waals surface area contributed by atoms with Crippen LogP contribution in [0.4, 0.5) is 0 Å². The summed E-state index contributed by atoms with van der Waals surface area (Å²) in [5.74, 6) is 3.11. The summed E-state index contributed by atoms with van der Waals surface area (Å²) >= 11 is 1.69. The van der Waals surface area contributed by atoms with Crippen molar-refractivity contribution in [3.63, 3.8) is 0 Å². The number of Topliss-reactive ketones (excluding diaryl/α,β-unsaturated/α-hetero) is 1. The molecule has 1 rings (SSSR count). The number of hydrogen-bond donors (Lipinski definition) is 0. The summed E-state index contributed by atoms with van der Waals surface area (Å²) in [7, 11) is 1.61. The molecule has 0 bridgehead atoms. The summed E-state index contributed by atoms with van der Waals surface area (Å²) in [6, 6.07) is 7.32. The van der Waals surface area contributed by atoms with Crippen molar-refractivity contribution in [2.45, 2.75) is 13.8 Å². The normalized spacial score (nSPS) is 10.5. The topological polar surface area (TPSA) is 26.3 Å². The average molecular weight is 238 g/mol. The lowest BCUT2D eigenvalue weighted by molar-refractivity contribution is 0.102. The highest BCUT2D eigenvalue weighted by atomic mass is 32.2. The van der Waals surface area contributed by atoms with Gasteiger partial charge in [-0.05, 0) is 23.8 Å². The third kappa shape index (κ3) is 4.27. The fourth-order valence-electron chi connectivity index (χ4n) is 1.27. The second kappa shape index (κ2) is 6.59. The van der Waals surface area contributed by atoms with Crippen LogP contribution in [0, 0.1) is 5.92 Å². The summed E-state index contributed by atoms with van der Waals surface area (Å²) in [6.45, 7) is 4.31. The molecule has 0 saturated heterocycles. The van der Waals surface area contributed by atoms with Gasteiger partial charge in [-0.2, -0.15) is 11.8 Å². The molecule has 1 aromatic rings. The lowest BCUT2D eigenvalue weighted by Crippen LogP contribution is -2.04. The Kier molecular flexibility index (Phi) is 5.39. The van der Waals surface area contributed by atoms with Crippen LogP contribution in [0.1, 0.15) is 24.2 Å². The van der Waals surface area contributed by atoms with Crippen LogP contribution >= 0.6 is 11.8 Å². The maximum absolute atomic E-state index is 11.8. The van der Waals surface area contributed by atoms with E-state index in [1.54, 1.807) is 24.9 Å². The summed E-state index contributed by atoms with van der Waals surface area (Å²) in [6.07, 6.45) is 0. The molecule has 3 heteroatoms. The maximum atomic E-state index is 11.8. The van der Waals surface area contributed by atoms with Crippen molar-refractivity contribution in [3.8, 4) is 5.75 Å². The summed E-state index contributed by atoms with van der Waals surface area (Å²) in [5, 5.41) is 0. The van der Waals surface area contributed by atoms with Crippen LogP contribution in [0.5, 0.6) is 5.75 Å². The minimum Gasteiger partial charge on any atom is -0.497 e. The molecule has 0 atom stereocenters. The molecule has 0 heterocycles. The van der Waals surface area contributed by atoms with Crippen molar-refractivity contribution in [2.24, 2.45) is 5.92 Å².